The molecule has 2 heteroatoms. The molecule has 0 bridgehead atoms. The molecule has 2 nitrogen and oxygen atoms in total. The van der Waals surface area contributed by atoms with E-state index in [4.69, 9.17) is 5.73 Å². The summed E-state index contributed by atoms with van der Waals surface area (Å²) in [7, 11) is 4.09. The molecule has 88 valence electrons. The van der Waals surface area contributed by atoms with E-state index in [9.17, 15) is 0 Å². The molecule has 0 aliphatic carbocycles. The van der Waals surface area contributed by atoms with Gasteiger partial charge in [-0.05, 0) is 47.9 Å². The Kier molecular flexibility index (Phi) is 3.05. The first-order valence-electron chi connectivity index (χ1n) is 5.72. The Hall–Kier alpha value is -1.96. The molecule has 0 spiro atoms. The molecular weight excluding hydrogens is 208 g/mol. The Morgan fingerprint density at radius 3 is 2.12 bits per heavy atom. The molecule has 0 saturated carbocycles. The van der Waals surface area contributed by atoms with Gasteiger partial charge in [-0.1, -0.05) is 18.2 Å². The van der Waals surface area contributed by atoms with Crippen molar-refractivity contribution in [1.82, 2.24) is 0 Å². The van der Waals surface area contributed by atoms with Crippen LogP contribution >= 0.6 is 0 Å². The van der Waals surface area contributed by atoms with Crippen LogP contribution in [0, 0.1) is 6.92 Å². The van der Waals surface area contributed by atoms with Crippen molar-refractivity contribution in [2.24, 2.45) is 0 Å². The summed E-state index contributed by atoms with van der Waals surface area (Å²) in [4.78, 5) is 2.10. The minimum atomic E-state index is 0.816. The maximum Gasteiger partial charge on any atom is 0.0361 e. The number of rotatable bonds is 2. The third kappa shape index (κ3) is 2.41. The lowest BCUT2D eigenvalue weighted by Crippen LogP contribution is -2.07. The van der Waals surface area contributed by atoms with Gasteiger partial charge in [0.05, 0.1) is 0 Å². The van der Waals surface area contributed by atoms with Crippen molar-refractivity contribution in [3.05, 3.63) is 48.0 Å². The zero-order valence-electron chi connectivity index (χ0n) is 10.6. The molecule has 17 heavy (non-hydrogen) atoms. The average Bonchev–Trinajstić information content (AvgIpc) is 2.29. The van der Waals surface area contributed by atoms with Gasteiger partial charge in [0.15, 0.2) is 0 Å². The summed E-state index contributed by atoms with van der Waals surface area (Å²) in [5.41, 5.74) is 11.5. The summed E-state index contributed by atoms with van der Waals surface area (Å²) >= 11 is 0. The van der Waals surface area contributed by atoms with E-state index in [1.165, 1.54) is 22.4 Å². The second-order valence-corrected chi connectivity index (χ2v) is 4.52. The van der Waals surface area contributed by atoms with Crippen LogP contribution in [-0.2, 0) is 0 Å². The molecule has 0 heterocycles. The largest absolute Gasteiger partial charge is 0.399 e. The minimum Gasteiger partial charge on any atom is -0.399 e. The van der Waals surface area contributed by atoms with Gasteiger partial charge in [-0.3, -0.25) is 0 Å². The van der Waals surface area contributed by atoms with Gasteiger partial charge in [0.2, 0.25) is 0 Å². The van der Waals surface area contributed by atoms with Gasteiger partial charge in [-0.25, -0.2) is 0 Å². The number of nitrogen functional groups attached to an aromatic ring is 1. The van der Waals surface area contributed by atoms with Crippen LogP contribution in [0.2, 0.25) is 0 Å². The lowest BCUT2D eigenvalue weighted by Gasteiger charge is -2.13. The lowest BCUT2D eigenvalue weighted by atomic mass is 10.00. The Morgan fingerprint density at radius 2 is 1.59 bits per heavy atom. The Balaban J connectivity index is 2.40. The maximum atomic E-state index is 5.76. The van der Waals surface area contributed by atoms with Crippen molar-refractivity contribution in [2.45, 2.75) is 6.92 Å². The van der Waals surface area contributed by atoms with Crippen LogP contribution in [-0.4, -0.2) is 14.1 Å². The molecule has 2 rings (SSSR count). The molecule has 2 N–H and O–H groups in total. The fraction of sp³-hybridized carbons (Fsp3) is 0.200. The smallest absolute Gasteiger partial charge is 0.0361 e. The number of aryl methyl sites for hydroxylation is 1. The molecule has 2 aromatic rings. The van der Waals surface area contributed by atoms with Crippen LogP contribution in [0.15, 0.2) is 42.5 Å². The maximum absolute atomic E-state index is 5.76. The third-order valence-electron chi connectivity index (χ3n) is 2.95. The number of hydrogen-bond acceptors (Lipinski definition) is 2. The molecule has 0 aliphatic rings. The van der Waals surface area contributed by atoms with Gasteiger partial charge in [0.1, 0.15) is 0 Å². The highest BCUT2D eigenvalue weighted by atomic mass is 15.1. The number of nitrogens with two attached hydrogens (primary N) is 1. The number of nitrogens with zero attached hydrogens (tertiary/aromatic N) is 1. The molecule has 0 amide bonds. The zero-order valence-corrected chi connectivity index (χ0v) is 10.6. The molecule has 0 aromatic heterocycles. The first-order valence-corrected chi connectivity index (χ1v) is 5.72. The van der Waals surface area contributed by atoms with Gasteiger partial charge < -0.3 is 10.6 Å². The van der Waals surface area contributed by atoms with E-state index in [0.29, 0.717) is 0 Å². The van der Waals surface area contributed by atoms with Crippen molar-refractivity contribution in [1.29, 1.82) is 0 Å². The fourth-order valence-electron chi connectivity index (χ4n) is 1.95. The summed E-state index contributed by atoms with van der Waals surface area (Å²) in [6, 6.07) is 14.6. The van der Waals surface area contributed by atoms with E-state index in [1.807, 2.05) is 26.2 Å². The third-order valence-corrected chi connectivity index (χ3v) is 2.95. The normalized spacial score (nSPS) is 10.3. The molecule has 2 aromatic carbocycles. The molecule has 0 atom stereocenters. The molecule has 0 unspecified atom stereocenters. The van der Waals surface area contributed by atoms with Crippen LogP contribution in [0.4, 0.5) is 11.4 Å². The van der Waals surface area contributed by atoms with E-state index < -0.39 is 0 Å². The second-order valence-electron chi connectivity index (χ2n) is 4.52. The molecular formula is C15H18N2. The molecule has 0 saturated heterocycles. The Bertz CT molecular complexity index is 513. The number of benzene rings is 2. The standard InChI is InChI=1S/C15H18N2/c1-11-10-13(16)6-9-15(11)12-4-7-14(8-5-12)17(2)3/h4-10H,16H2,1-3H3. The summed E-state index contributed by atoms with van der Waals surface area (Å²) in [6.45, 7) is 2.09. The Labute approximate surface area is 103 Å². The van der Waals surface area contributed by atoms with Gasteiger partial charge in [-0.2, -0.15) is 0 Å². The van der Waals surface area contributed by atoms with E-state index >= 15 is 0 Å². The average molecular weight is 226 g/mol. The quantitative estimate of drug-likeness (QED) is 0.796. The van der Waals surface area contributed by atoms with Crippen LogP contribution < -0.4 is 10.6 Å². The SMILES string of the molecule is Cc1cc(N)ccc1-c1ccc(N(C)C)cc1. The number of anilines is 2. The van der Waals surface area contributed by atoms with Crippen LogP contribution in [0.3, 0.4) is 0 Å². The highest BCUT2D eigenvalue weighted by Crippen LogP contribution is 2.26. The lowest BCUT2D eigenvalue weighted by molar-refractivity contribution is 1.13. The summed E-state index contributed by atoms with van der Waals surface area (Å²) in [5.74, 6) is 0. The predicted octanol–water partition coefficient (Wildman–Crippen LogP) is 3.31. The van der Waals surface area contributed by atoms with Crippen LogP contribution in [0.25, 0.3) is 11.1 Å². The zero-order chi connectivity index (χ0) is 12.4. The van der Waals surface area contributed by atoms with Crippen LogP contribution in [0.1, 0.15) is 5.56 Å². The van der Waals surface area contributed by atoms with E-state index in [-0.39, 0.29) is 0 Å². The first-order chi connectivity index (χ1) is 8.08. The summed E-state index contributed by atoms with van der Waals surface area (Å²) in [6.07, 6.45) is 0. The number of hydrogen-bond donors (Lipinski definition) is 1. The van der Waals surface area contributed by atoms with E-state index in [0.717, 1.165) is 5.69 Å². The second kappa shape index (κ2) is 4.50. The van der Waals surface area contributed by atoms with Gasteiger partial charge in [-0.15, -0.1) is 0 Å². The topological polar surface area (TPSA) is 29.3 Å². The molecule has 0 aliphatic heterocycles. The summed E-state index contributed by atoms with van der Waals surface area (Å²) in [5, 5.41) is 0. The van der Waals surface area contributed by atoms with Crippen molar-refractivity contribution in [2.75, 3.05) is 24.7 Å². The van der Waals surface area contributed by atoms with Crippen molar-refractivity contribution in [3.8, 4) is 11.1 Å². The van der Waals surface area contributed by atoms with Crippen molar-refractivity contribution < 1.29 is 0 Å². The van der Waals surface area contributed by atoms with Crippen LogP contribution in [0.5, 0.6) is 0 Å². The minimum absolute atomic E-state index is 0.816. The highest BCUT2D eigenvalue weighted by Gasteiger charge is 2.02. The summed E-state index contributed by atoms with van der Waals surface area (Å²) < 4.78 is 0. The predicted molar refractivity (Wildman–Crippen MR) is 75.4 cm³/mol. The monoisotopic (exact) mass is 226 g/mol. The molecule has 0 radical (unpaired) electrons. The van der Waals surface area contributed by atoms with E-state index in [2.05, 4.69) is 42.2 Å². The van der Waals surface area contributed by atoms with Crippen molar-refractivity contribution >= 4 is 11.4 Å². The molecule has 0 fully saturated rings. The van der Waals surface area contributed by atoms with E-state index in [1.54, 1.807) is 0 Å². The van der Waals surface area contributed by atoms with Gasteiger partial charge in [0, 0.05) is 25.5 Å². The van der Waals surface area contributed by atoms with Crippen molar-refractivity contribution in [3.63, 3.8) is 0 Å². The highest BCUT2D eigenvalue weighted by molar-refractivity contribution is 5.71. The van der Waals surface area contributed by atoms with Gasteiger partial charge in [0.25, 0.3) is 0 Å². The fourth-order valence-corrected chi connectivity index (χ4v) is 1.95. The van der Waals surface area contributed by atoms with Gasteiger partial charge >= 0.3 is 0 Å². The first kappa shape index (κ1) is 11.5. The Morgan fingerprint density at radius 1 is 0.941 bits per heavy atom.